The Morgan fingerprint density at radius 3 is 2.34 bits per heavy atom. The minimum Gasteiger partial charge on any atom is -0.465 e. The first-order valence-electron chi connectivity index (χ1n) is 9.73. The Labute approximate surface area is 189 Å². The highest BCUT2D eigenvalue weighted by Crippen LogP contribution is 2.28. The molecule has 2 heterocycles. The highest BCUT2D eigenvalue weighted by atomic mass is 32.2. The normalized spacial score (nSPS) is 15.2. The molecule has 0 spiro atoms. The molecule has 0 saturated carbocycles. The monoisotopic (exact) mass is 481 g/mol. The topological polar surface area (TPSA) is 132 Å². The fourth-order valence-electron chi connectivity index (χ4n) is 3.41. The number of carbonyl (C=O) groups is 3. The largest absolute Gasteiger partial charge is 0.465 e. The van der Waals surface area contributed by atoms with E-state index in [1.54, 1.807) is 13.0 Å². The van der Waals surface area contributed by atoms with Crippen LogP contribution in [-0.2, 0) is 24.3 Å². The van der Waals surface area contributed by atoms with Crippen LogP contribution in [-0.4, -0.2) is 62.9 Å². The van der Waals surface area contributed by atoms with Gasteiger partial charge < -0.3 is 14.8 Å². The summed E-state index contributed by atoms with van der Waals surface area (Å²) in [5.41, 5.74) is 0.428. The molecule has 2 aromatic rings. The summed E-state index contributed by atoms with van der Waals surface area (Å²) < 4.78 is 36.8. The van der Waals surface area contributed by atoms with Gasteiger partial charge in [-0.15, -0.1) is 0 Å². The van der Waals surface area contributed by atoms with Gasteiger partial charge in [0, 0.05) is 19.0 Å². The molecule has 32 heavy (non-hydrogen) atoms. The summed E-state index contributed by atoms with van der Waals surface area (Å²) in [6, 6.07) is 5.87. The summed E-state index contributed by atoms with van der Waals surface area (Å²) in [6.07, 6.45) is 0.610. The molecule has 172 valence electrons. The fourth-order valence-corrected chi connectivity index (χ4v) is 5.94. The molecular formula is C20H23N3O7S2. The molecule has 10 nitrogen and oxygen atoms in total. The van der Waals surface area contributed by atoms with Crippen LogP contribution < -0.4 is 5.32 Å². The molecule has 1 saturated heterocycles. The first kappa shape index (κ1) is 23.8. The van der Waals surface area contributed by atoms with Crippen molar-refractivity contribution in [3.63, 3.8) is 0 Å². The number of aryl methyl sites for hydroxylation is 1. The van der Waals surface area contributed by atoms with Crippen molar-refractivity contribution in [1.29, 1.82) is 0 Å². The van der Waals surface area contributed by atoms with E-state index in [-0.39, 0.29) is 34.6 Å². The van der Waals surface area contributed by atoms with Crippen LogP contribution in [0, 0.1) is 12.8 Å². The summed E-state index contributed by atoms with van der Waals surface area (Å²) in [5.74, 6) is -1.96. The van der Waals surface area contributed by atoms with Crippen molar-refractivity contribution in [3.8, 4) is 0 Å². The minimum absolute atomic E-state index is 0.0320. The Morgan fingerprint density at radius 2 is 1.72 bits per heavy atom. The Hall–Kier alpha value is -2.83. The standard InChI is InChI=1S/C20H23N3O7S2/c1-12-16(19(26)30-3)31-20(21-12)22-17(24)13-8-10-23(11-9-13)32(27,28)15-7-5-4-6-14(15)18(25)29-2/h4-7,13H,8-11H2,1-3H3,(H,21,22,24). The molecule has 1 aliphatic rings. The van der Waals surface area contributed by atoms with Crippen LogP contribution in [0.5, 0.6) is 0 Å². The van der Waals surface area contributed by atoms with Gasteiger partial charge in [0.15, 0.2) is 5.13 Å². The Bertz CT molecular complexity index is 1140. The van der Waals surface area contributed by atoms with Gasteiger partial charge in [0.2, 0.25) is 15.9 Å². The highest BCUT2D eigenvalue weighted by Gasteiger charge is 2.34. The fraction of sp³-hybridized carbons (Fsp3) is 0.400. The maximum atomic E-state index is 13.1. The molecule has 1 fully saturated rings. The summed E-state index contributed by atoms with van der Waals surface area (Å²) in [6.45, 7) is 1.90. The summed E-state index contributed by atoms with van der Waals surface area (Å²) in [7, 11) is -1.47. The molecule has 3 rings (SSSR count). The van der Waals surface area contributed by atoms with Crippen LogP contribution in [0.4, 0.5) is 5.13 Å². The SMILES string of the molecule is COC(=O)c1ccccc1S(=O)(=O)N1CCC(C(=O)Nc2nc(C)c(C(=O)OC)s2)CC1. The van der Waals surface area contributed by atoms with Gasteiger partial charge in [-0.25, -0.2) is 23.0 Å². The van der Waals surface area contributed by atoms with Crippen LogP contribution in [0.25, 0.3) is 0 Å². The van der Waals surface area contributed by atoms with Gasteiger partial charge in [-0.2, -0.15) is 4.31 Å². The van der Waals surface area contributed by atoms with Crippen molar-refractivity contribution in [2.24, 2.45) is 5.92 Å². The maximum absolute atomic E-state index is 13.1. The van der Waals surface area contributed by atoms with E-state index in [4.69, 9.17) is 0 Å². The molecular weight excluding hydrogens is 458 g/mol. The molecule has 1 aromatic carbocycles. The van der Waals surface area contributed by atoms with E-state index in [1.165, 1.54) is 36.7 Å². The summed E-state index contributed by atoms with van der Waals surface area (Å²) >= 11 is 1.03. The number of benzene rings is 1. The number of hydrogen-bond donors (Lipinski definition) is 1. The molecule has 12 heteroatoms. The van der Waals surface area contributed by atoms with Crippen molar-refractivity contribution in [2.45, 2.75) is 24.7 Å². The molecule has 0 radical (unpaired) electrons. The van der Waals surface area contributed by atoms with E-state index < -0.39 is 27.9 Å². The zero-order valence-electron chi connectivity index (χ0n) is 17.8. The van der Waals surface area contributed by atoms with Gasteiger partial charge in [0.25, 0.3) is 0 Å². The van der Waals surface area contributed by atoms with E-state index in [2.05, 4.69) is 19.8 Å². The van der Waals surface area contributed by atoms with Gasteiger partial charge in [-0.3, -0.25) is 4.79 Å². The van der Waals surface area contributed by atoms with Crippen LogP contribution in [0.2, 0.25) is 0 Å². The number of nitrogens with one attached hydrogen (secondary N) is 1. The lowest BCUT2D eigenvalue weighted by atomic mass is 9.97. The maximum Gasteiger partial charge on any atom is 0.350 e. The van der Waals surface area contributed by atoms with Crippen molar-refractivity contribution >= 4 is 44.3 Å². The lowest BCUT2D eigenvalue weighted by Gasteiger charge is -2.30. The second kappa shape index (κ2) is 9.76. The van der Waals surface area contributed by atoms with E-state index in [1.807, 2.05) is 0 Å². The van der Waals surface area contributed by atoms with E-state index in [9.17, 15) is 22.8 Å². The van der Waals surface area contributed by atoms with Crippen LogP contribution in [0.1, 0.15) is 38.6 Å². The molecule has 1 aromatic heterocycles. The smallest absolute Gasteiger partial charge is 0.350 e. The average molecular weight is 482 g/mol. The molecule has 1 amide bonds. The third-order valence-corrected chi connectivity index (χ3v) is 8.14. The third-order valence-electron chi connectivity index (χ3n) is 5.13. The number of esters is 2. The third kappa shape index (κ3) is 4.81. The second-order valence-corrected chi connectivity index (χ2v) is 9.99. The number of aromatic nitrogens is 1. The number of methoxy groups -OCH3 is 2. The number of thiazole rings is 1. The zero-order valence-corrected chi connectivity index (χ0v) is 19.4. The van der Waals surface area contributed by atoms with Gasteiger partial charge >= 0.3 is 11.9 Å². The summed E-state index contributed by atoms with van der Waals surface area (Å²) in [5, 5.41) is 2.99. The van der Waals surface area contributed by atoms with Crippen LogP contribution in [0.3, 0.4) is 0 Å². The Kier molecular flexibility index (Phi) is 7.26. The molecule has 0 aliphatic carbocycles. The van der Waals surface area contributed by atoms with Crippen molar-refractivity contribution in [2.75, 3.05) is 32.6 Å². The number of nitrogens with zero attached hydrogens (tertiary/aromatic N) is 2. The molecule has 1 N–H and O–H groups in total. The predicted molar refractivity (Wildman–Crippen MR) is 116 cm³/mol. The zero-order chi connectivity index (χ0) is 23.5. The van der Waals surface area contributed by atoms with E-state index >= 15 is 0 Å². The lowest BCUT2D eigenvalue weighted by molar-refractivity contribution is -0.120. The average Bonchev–Trinajstić information content (AvgIpc) is 3.17. The van der Waals surface area contributed by atoms with Crippen LogP contribution >= 0.6 is 11.3 Å². The van der Waals surface area contributed by atoms with Gasteiger partial charge in [0.05, 0.1) is 30.4 Å². The number of carbonyl (C=O) groups excluding carboxylic acids is 3. The Balaban J connectivity index is 1.67. The van der Waals surface area contributed by atoms with E-state index in [0.29, 0.717) is 23.4 Å². The van der Waals surface area contributed by atoms with E-state index in [0.717, 1.165) is 11.3 Å². The summed E-state index contributed by atoms with van der Waals surface area (Å²) in [4.78, 5) is 40.7. The molecule has 0 bridgehead atoms. The quantitative estimate of drug-likeness (QED) is 0.620. The first-order chi connectivity index (χ1) is 15.2. The second-order valence-electron chi connectivity index (χ2n) is 7.08. The molecule has 0 atom stereocenters. The minimum atomic E-state index is -3.93. The number of amides is 1. The van der Waals surface area contributed by atoms with Gasteiger partial charge in [-0.1, -0.05) is 23.5 Å². The number of anilines is 1. The van der Waals surface area contributed by atoms with Gasteiger partial charge in [0.1, 0.15) is 4.88 Å². The van der Waals surface area contributed by atoms with Crippen molar-refractivity contribution in [3.05, 3.63) is 40.4 Å². The first-order valence-corrected chi connectivity index (χ1v) is 12.0. The number of hydrogen-bond acceptors (Lipinski definition) is 9. The number of piperidine rings is 1. The number of ether oxygens (including phenoxy) is 2. The lowest BCUT2D eigenvalue weighted by Crippen LogP contribution is -2.41. The Morgan fingerprint density at radius 1 is 1.09 bits per heavy atom. The highest BCUT2D eigenvalue weighted by molar-refractivity contribution is 7.89. The molecule has 0 unspecified atom stereocenters. The van der Waals surface area contributed by atoms with Crippen molar-refractivity contribution < 1.29 is 32.3 Å². The predicted octanol–water partition coefficient (Wildman–Crippen LogP) is 2.06. The van der Waals surface area contributed by atoms with Gasteiger partial charge in [-0.05, 0) is 31.9 Å². The van der Waals surface area contributed by atoms with Crippen LogP contribution in [0.15, 0.2) is 29.2 Å². The number of sulfonamides is 1. The van der Waals surface area contributed by atoms with Crippen molar-refractivity contribution in [1.82, 2.24) is 9.29 Å². The molecule has 1 aliphatic heterocycles. The number of rotatable bonds is 6.